The first-order valence-corrected chi connectivity index (χ1v) is 9.71. The largest absolute Gasteiger partial charge is 0.338 e. The molecule has 152 valence electrons. The normalized spacial score (nSPS) is 16.0. The van der Waals surface area contributed by atoms with Crippen molar-refractivity contribution in [3.63, 3.8) is 0 Å². The van der Waals surface area contributed by atoms with Crippen LogP contribution in [0.2, 0.25) is 0 Å². The lowest BCUT2D eigenvalue weighted by atomic mass is 9.97. The van der Waals surface area contributed by atoms with Crippen LogP contribution >= 0.6 is 0 Å². The maximum atomic E-state index is 13.2. The van der Waals surface area contributed by atoms with E-state index in [9.17, 15) is 14.0 Å². The van der Waals surface area contributed by atoms with Crippen LogP contribution < -0.4 is 10.6 Å². The number of rotatable bonds is 7. The molecule has 0 saturated heterocycles. The number of carbonyl (C=O) groups is 2. The number of halogens is 1. The third kappa shape index (κ3) is 5.19. The second-order valence-electron chi connectivity index (χ2n) is 7.00. The van der Waals surface area contributed by atoms with Crippen molar-refractivity contribution in [2.24, 2.45) is 11.0 Å². The summed E-state index contributed by atoms with van der Waals surface area (Å²) in [6.45, 7) is 4.74. The molecule has 2 N–H and O–H groups in total. The third-order valence-electron chi connectivity index (χ3n) is 4.95. The zero-order valence-corrected chi connectivity index (χ0v) is 16.6. The fraction of sp³-hybridized carbons (Fsp3) is 0.318. The summed E-state index contributed by atoms with van der Waals surface area (Å²) in [6.07, 6.45) is 1.14. The van der Waals surface area contributed by atoms with E-state index in [1.165, 1.54) is 23.2 Å². The van der Waals surface area contributed by atoms with Gasteiger partial charge in [-0.15, -0.1) is 0 Å². The SMILES string of the molecule is CCC1=NN(Cc2ccccc2C)C(=O)C1CCNC(=O)Nc1cccc(F)c1. The summed E-state index contributed by atoms with van der Waals surface area (Å²) in [5.74, 6) is -0.798. The van der Waals surface area contributed by atoms with Gasteiger partial charge in [-0.05, 0) is 49.1 Å². The Hall–Kier alpha value is -3.22. The molecule has 7 heteroatoms. The van der Waals surface area contributed by atoms with Gasteiger partial charge < -0.3 is 10.6 Å². The average Bonchev–Trinajstić information content (AvgIpc) is 2.99. The third-order valence-corrected chi connectivity index (χ3v) is 4.95. The zero-order valence-electron chi connectivity index (χ0n) is 16.6. The Morgan fingerprint density at radius 3 is 2.72 bits per heavy atom. The Bertz CT molecular complexity index is 929. The minimum atomic E-state index is -0.437. The molecule has 0 radical (unpaired) electrons. The Kier molecular flexibility index (Phi) is 6.59. The lowest BCUT2D eigenvalue weighted by Crippen LogP contribution is -2.34. The number of amides is 3. The molecule has 1 heterocycles. The van der Waals surface area contributed by atoms with Crippen molar-refractivity contribution >= 4 is 23.3 Å². The van der Waals surface area contributed by atoms with Gasteiger partial charge in [-0.25, -0.2) is 14.2 Å². The second kappa shape index (κ2) is 9.32. The number of aryl methyl sites for hydroxylation is 1. The smallest absolute Gasteiger partial charge is 0.319 e. The molecule has 1 unspecified atom stereocenters. The van der Waals surface area contributed by atoms with Gasteiger partial charge in [0.15, 0.2) is 0 Å². The number of carbonyl (C=O) groups excluding carboxylic acids is 2. The highest BCUT2D eigenvalue weighted by Gasteiger charge is 2.34. The molecule has 29 heavy (non-hydrogen) atoms. The minimum Gasteiger partial charge on any atom is -0.338 e. The van der Waals surface area contributed by atoms with Crippen LogP contribution in [0.3, 0.4) is 0 Å². The quantitative estimate of drug-likeness (QED) is 0.740. The van der Waals surface area contributed by atoms with Gasteiger partial charge in [0.1, 0.15) is 5.82 Å². The van der Waals surface area contributed by atoms with E-state index in [1.54, 1.807) is 6.07 Å². The first-order valence-electron chi connectivity index (χ1n) is 9.71. The number of hydrogen-bond donors (Lipinski definition) is 2. The van der Waals surface area contributed by atoms with E-state index in [2.05, 4.69) is 15.7 Å². The molecule has 0 bridgehead atoms. The van der Waals surface area contributed by atoms with Gasteiger partial charge in [-0.1, -0.05) is 37.3 Å². The lowest BCUT2D eigenvalue weighted by Gasteiger charge is -2.16. The Morgan fingerprint density at radius 1 is 1.21 bits per heavy atom. The summed E-state index contributed by atoms with van der Waals surface area (Å²) in [5.41, 5.74) is 3.39. The molecule has 2 aromatic rings. The van der Waals surface area contributed by atoms with Crippen LogP contribution in [0.1, 0.15) is 30.9 Å². The highest BCUT2D eigenvalue weighted by molar-refractivity contribution is 6.07. The molecule has 2 aromatic carbocycles. The molecule has 0 fully saturated rings. The van der Waals surface area contributed by atoms with Crippen molar-refractivity contribution < 1.29 is 14.0 Å². The van der Waals surface area contributed by atoms with Gasteiger partial charge >= 0.3 is 6.03 Å². The van der Waals surface area contributed by atoms with Crippen molar-refractivity contribution in [3.05, 3.63) is 65.5 Å². The van der Waals surface area contributed by atoms with E-state index >= 15 is 0 Å². The van der Waals surface area contributed by atoms with Crippen LogP contribution in [0.5, 0.6) is 0 Å². The Balaban J connectivity index is 1.54. The molecule has 1 aliphatic heterocycles. The summed E-state index contributed by atoms with van der Waals surface area (Å²) in [7, 11) is 0. The van der Waals surface area contributed by atoms with E-state index in [4.69, 9.17) is 0 Å². The van der Waals surface area contributed by atoms with Gasteiger partial charge in [-0.2, -0.15) is 5.10 Å². The lowest BCUT2D eigenvalue weighted by molar-refractivity contribution is -0.132. The summed E-state index contributed by atoms with van der Waals surface area (Å²) in [4.78, 5) is 24.8. The van der Waals surface area contributed by atoms with Crippen LogP contribution in [-0.2, 0) is 11.3 Å². The number of hydrogen-bond acceptors (Lipinski definition) is 3. The standard InChI is InChI=1S/C22H25FN4O2/c1-3-20-19(11-12-24-22(29)25-18-10-6-9-17(23)13-18)21(28)27(26-20)14-16-8-5-4-7-15(16)2/h4-10,13,19H,3,11-12,14H2,1-2H3,(H2,24,25,29). The number of urea groups is 1. The van der Waals surface area contributed by atoms with Crippen LogP contribution in [0.15, 0.2) is 53.6 Å². The maximum absolute atomic E-state index is 13.2. The summed E-state index contributed by atoms with van der Waals surface area (Å²) >= 11 is 0. The first-order chi connectivity index (χ1) is 14.0. The van der Waals surface area contributed by atoms with E-state index in [0.717, 1.165) is 16.8 Å². The van der Waals surface area contributed by atoms with Crippen molar-refractivity contribution in [1.29, 1.82) is 0 Å². The van der Waals surface area contributed by atoms with Gasteiger partial charge in [-0.3, -0.25) is 4.79 Å². The maximum Gasteiger partial charge on any atom is 0.319 e. The van der Waals surface area contributed by atoms with Crippen molar-refractivity contribution in [1.82, 2.24) is 10.3 Å². The molecule has 0 saturated carbocycles. The molecule has 6 nitrogen and oxygen atoms in total. The number of anilines is 1. The molecule has 1 aliphatic rings. The van der Waals surface area contributed by atoms with Crippen molar-refractivity contribution in [3.8, 4) is 0 Å². The predicted octanol–water partition coefficient (Wildman–Crippen LogP) is 4.07. The average molecular weight is 396 g/mol. The fourth-order valence-electron chi connectivity index (χ4n) is 3.34. The number of nitrogens with zero attached hydrogens (tertiary/aromatic N) is 2. The minimum absolute atomic E-state index is 0.0440. The monoisotopic (exact) mass is 396 g/mol. The topological polar surface area (TPSA) is 73.8 Å². The molecule has 3 amide bonds. The van der Waals surface area contributed by atoms with Gasteiger partial charge in [0, 0.05) is 12.2 Å². The predicted molar refractivity (Wildman–Crippen MR) is 111 cm³/mol. The molecule has 0 aliphatic carbocycles. The van der Waals surface area contributed by atoms with Crippen molar-refractivity contribution in [2.45, 2.75) is 33.2 Å². The van der Waals surface area contributed by atoms with Crippen LogP contribution in [0.4, 0.5) is 14.9 Å². The molecular formula is C22H25FN4O2. The van der Waals surface area contributed by atoms with Crippen LogP contribution in [0.25, 0.3) is 0 Å². The second-order valence-corrected chi connectivity index (χ2v) is 7.00. The van der Waals surface area contributed by atoms with Crippen molar-refractivity contribution in [2.75, 3.05) is 11.9 Å². The summed E-state index contributed by atoms with van der Waals surface area (Å²) in [5, 5.41) is 11.3. The Labute approximate surface area is 169 Å². The van der Waals surface area contributed by atoms with E-state index in [-0.39, 0.29) is 11.8 Å². The number of hydrazone groups is 1. The van der Waals surface area contributed by atoms with E-state index in [1.807, 2.05) is 38.1 Å². The molecule has 1 atom stereocenters. The van der Waals surface area contributed by atoms with Gasteiger partial charge in [0.2, 0.25) is 0 Å². The Morgan fingerprint density at radius 2 is 2.00 bits per heavy atom. The highest BCUT2D eigenvalue weighted by atomic mass is 19.1. The first kappa shape index (κ1) is 20.5. The summed E-state index contributed by atoms with van der Waals surface area (Å²) in [6, 6.07) is 13.2. The van der Waals surface area contributed by atoms with Gasteiger partial charge in [0.05, 0.1) is 18.2 Å². The van der Waals surface area contributed by atoms with Gasteiger partial charge in [0.25, 0.3) is 5.91 Å². The number of benzene rings is 2. The highest BCUT2D eigenvalue weighted by Crippen LogP contribution is 2.23. The molecule has 0 aromatic heterocycles. The number of nitrogens with one attached hydrogen (secondary N) is 2. The molecular weight excluding hydrogens is 371 g/mol. The van der Waals surface area contributed by atoms with Crippen LogP contribution in [0, 0.1) is 18.7 Å². The van der Waals surface area contributed by atoms with E-state index in [0.29, 0.717) is 31.6 Å². The fourth-order valence-corrected chi connectivity index (χ4v) is 3.34. The van der Waals surface area contributed by atoms with E-state index < -0.39 is 11.8 Å². The molecule has 3 rings (SSSR count). The summed E-state index contributed by atoms with van der Waals surface area (Å²) < 4.78 is 13.2. The zero-order chi connectivity index (χ0) is 20.8. The van der Waals surface area contributed by atoms with Crippen LogP contribution in [-0.4, -0.2) is 29.2 Å². The molecule has 0 spiro atoms.